The van der Waals surface area contributed by atoms with Gasteiger partial charge in [0, 0.05) is 18.9 Å². The number of carboxylic acids is 1. The second-order valence-corrected chi connectivity index (χ2v) is 3.56. The van der Waals surface area contributed by atoms with E-state index in [1.54, 1.807) is 24.5 Å². The van der Waals surface area contributed by atoms with Gasteiger partial charge in [-0.15, -0.1) is 0 Å². The van der Waals surface area contributed by atoms with E-state index in [-0.39, 0.29) is 18.1 Å². The Morgan fingerprint density at radius 3 is 2.88 bits per heavy atom. The summed E-state index contributed by atoms with van der Waals surface area (Å²) >= 11 is 0. The molecular formula is C10H13N3O4. The maximum absolute atomic E-state index is 11.2. The lowest BCUT2D eigenvalue weighted by molar-refractivity contribution is -0.142. The maximum atomic E-state index is 11.2. The number of carbonyl (C=O) groups excluding carboxylic acids is 1. The highest BCUT2D eigenvalue weighted by molar-refractivity contribution is 5.80. The monoisotopic (exact) mass is 239 g/mol. The van der Waals surface area contributed by atoms with Crippen LogP contribution in [-0.2, 0) is 4.79 Å². The van der Waals surface area contributed by atoms with Crippen molar-refractivity contribution in [1.82, 2.24) is 15.6 Å². The minimum absolute atomic E-state index is 0. The van der Waals surface area contributed by atoms with Crippen molar-refractivity contribution in [2.24, 2.45) is 5.92 Å². The van der Waals surface area contributed by atoms with E-state index in [0.717, 1.165) is 0 Å². The Hall–Kier alpha value is -2.15. The molecule has 5 N–H and O–H groups in total. The van der Waals surface area contributed by atoms with E-state index in [1.807, 2.05) is 0 Å². The zero-order valence-electron chi connectivity index (χ0n) is 8.88. The Balaban J connectivity index is 0.00000144. The lowest BCUT2D eigenvalue weighted by Crippen LogP contribution is -2.52. The molecule has 2 heterocycles. The highest BCUT2D eigenvalue weighted by Gasteiger charge is 2.34. The van der Waals surface area contributed by atoms with E-state index in [4.69, 9.17) is 5.11 Å². The number of aromatic nitrogens is 1. The number of carbonyl (C=O) groups is 2. The molecular weight excluding hydrogens is 226 g/mol. The van der Waals surface area contributed by atoms with Gasteiger partial charge in [-0.05, 0) is 11.6 Å². The molecule has 1 fully saturated rings. The van der Waals surface area contributed by atoms with Gasteiger partial charge in [0.05, 0.1) is 12.0 Å². The van der Waals surface area contributed by atoms with Crippen LogP contribution in [0.3, 0.4) is 0 Å². The van der Waals surface area contributed by atoms with Crippen molar-refractivity contribution in [3.63, 3.8) is 0 Å². The minimum atomic E-state index is -0.943. The van der Waals surface area contributed by atoms with Gasteiger partial charge in [0.15, 0.2) is 0 Å². The number of carboxylic acid groups (broad SMARTS) is 1. The predicted octanol–water partition coefficient (Wildman–Crippen LogP) is -0.688. The van der Waals surface area contributed by atoms with Gasteiger partial charge in [0.1, 0.15) is 0 Å². The molecule has 1 aliphatic rings. The summed E-state index contributed by atoms with van der Waals surface area (Å²) < 4.78 is 0. The quantitative estimate of drug-likeness (QED) is 0.632. The van der Waals surface area contributed by atoms with Crippen LogP contribution in [0.1, 0.15) is 11.6 Å². The van der Waals surface area contributed by atoms with E-state index in [0.29, 0.717) is 5.56 Å². The van der Waals surface area contributed by atoms with E-state index < -0.39 is 17.9 Å². The van der Waals surface area contributed by atoms with Crippen molar-refractivity contribution in [1.29, 1.82) is 0 Å². The Kier molecular flexibility index (Phi) is 4.00. The number of amides is 2. The first-order chi connectivity index (χ1) is 7.68. The van der Waals surface area contributed by atoms with Gasteiger partial charge < -0.3 is 21.2 Å². The molecule has 7 nitrogen and oxygen atoms in total. The second kappa shape index (κ2) is 5.26. The number of nitrogens with one attached hydrogen (secondary N) is 2. The molecule has 0 saturated carbocycles. The first-order valence-electron chi connectivity index (χ1n) is 4.85. The highest BCUT2D eigenvalue weighted by Crippen LogP contribution is 2.23. The predicted molar refractivity (Wildman–Crippen MR) is 58.3 cm³/mol. The van der Waals surface area contributed by atoms with Crippen molar-refractivity contribution < 1.29 is 20.2 Å². The SMILES string of the molecule is O.O=C1NCC(C(=O)O)C(c2cccnc2)N1. The molecule has 1 aromatic heterocycles. The zero-order valence-corrected chi connectivity index (χ0v) is 8.88. The van der Waals surface area contributed by atoms with Crippen molar-refractivity contribution in [2.75, 3.05) is 6.54 Å². The van der Waals surface area contributed by atoms with Crippen LogP contribution in [0.5, 0.6) is 0 Å². The Bertz CT molecular complexity index is 409. The third kappa shape index (κ3) is 2.70. The molecule has 0 aliphatic carbocycles. The van der Waals surface area contributed by atoms with E-state index in [1.165, 1.54) is 0 Å². The fourth-order valence-electron chi connectivity index (χ4n) is 1.72. The molecule has 2 atom stereocenters. The number of rotatable bonds is 2. The molecule has 7 heteroatoms. The van der Waals surface area contributed by atoms with Crippen LogP contribution in [0.4, 0.5) is 4.79 Å². The van der Waals surface area contributed by atoms with Crippen LogP contribution in [0.15, 0.2) is 24.5 Å². The summed E-state index contributed by atoms with van der Waals surface area (Å²) in [6.07, 6.45) is 3.16. The number of urea groups is 1. The Morgan fingerprint density at radius 1 is 1.53 bits per heavy atom. The Morgan fingerprint density at radius 2 is 2.29 bits per heavy atom. The van der Waals surface area contributed by atoms with Crippen molar-refractivity contribution >= 4 is 12.0 Å². The lowest BCUT2D eigenvalue weighted by Gasteiger charge is -2.30. The molecule has 1 aromatic rings. The lowest BCUT2D eigenvalue weighted by atomic mass is 9.92. The zero-order chi connectivity index (χ0) is 11.5. The molecule has 2 rings (SSSR count). The summed E-state index contributed by atoms with van der Waals surface area (Å²) in [5.41, 5.74) is 0.699. The van der Waals surface area contributed by atoms with Crippen LogP contribution < -0.4 is 10.6 Å². The number of hydrogen-bond acceptors (Lipinski definition) is 3. The summed E-state index contributed by atoms with van der Waals surface area (Å²) in [4.78, 5) is 26.1. The fourth-order valence-corrected chi connectivity index (χ4v) is 1.72. The first-order valence-corrected chi connectivity index (χ1v) is 4.85. The summed E-state index contributed by atoms with van der Waals surface area (Å²) in [5.74, 6) is -1.62. The molecule has 0 aromatic carbocycles. The molecule has 1 saturated heterocycles. The topological polar surface area (TPSA) is 123 Å². The number of aliphatic carboxylic acids is 1. The van der Waals surface area contributed by atoms with E-state index in [2.05, 4.69) is 15.6 Å². The summed E-state index contributed by atoms with van der Waals surface area (Å²) in [6, 6.07) is 2.58. The number of nitrogens with zero attached hydrogens (tertiary/aromatic N) is 1. The summed E-state index contributed by atoms with van der Waals surface area (Å²) in [7, 11) is 0. The van der Waals surface area contributed by atoms with Crippen LogP contribution in [0.2, 0.25) is 0 Å². The smallest absolute Gasteiger partial charge is 0.315 e. The normalized spacial score (nSPS) is 22.9. The minimum Gasteiger partial charge on any atom is -0.481 e. The van der Waals surface area contributed by atoms with Gasteiger partial charge in [0.2, 0.25) is 0 Å². The molecule has 92 valence electrons. The third-order valence-electron chi connectivity index (χ3n) is 2.53. The maximum Gasteiger partial charge on any atom is 0.315 e. The summed E-state index contributed by atoms with van der Waals surface area (Å²) in [6.45, 7) is 0.126. The molecule has 0 bridgehead atoms. The van der Waals surface area contributed by atoms with Gasteiger partial charge >= 0.3 is 12.0 Å². The van der Waals surface area contributed by atoms with Gasteiger partial charge in [-0.25, -0.2) is 4.79 Å². The summed E-state index contributed by atoms with van der Waals surface area (Å²) in [5, 5.41) is 14.1. The first kappa shape index (κ1) is 12.9. The van der Waals surface area contributed by atoms with Gasteiger partial charge in [-0.3, -0.25) is 9.78 Å². The van der Waals surface area contributed by atoms with Crippen LogP contribution in [0.25, 0.3) is 0 Å². The standard InChI is InChI=1S/C10H11N3O3.H2O/c14-9(15)7-5-12-10(16)13-8(7)6-2-1-3-11-4-6;/h1-4,7-8H,5H2,(H,14,15)(H2,12,13,16);1H2. The van der Waals surface area contributed by atoms with Crippen LogP contribution >= 0.6 is 0 Å². The van der Waals surface area contributed by atoms with Crippen molar-refractivity contribution in [3.05, 3.63) is 30.1 Å². The molecule has 17 heavy (non-hydrogen) atoms. The van der Waals surface area contributed by atoms with Gasteiger partial charge in [-0.2, -0.15) is 0 Å². The molecule has 2 amide bonds. The average Bonchev–Trinajstić information content (AvgIpc) is 2.29. The van der Waals surface area contributed by atoms with Crippen molar-refractivity contribution in [3.8, 4) is 0 Å². The van der Waals surface area contributed by atoms with Gasteiger partial charge in [-0.1, -0.05) is 6.07 Å². The van der Waals surface area contributed by atoms with Crippen LogP contribution in [-0.4, -0.2) is 34.1 Å². The molecule has 1 aliphatic heterocycles. The van der Waals surface area contributed by atoms with E-state index >= 15 is 0 Å². The third-order valence-corrected chi connectivity index (χ3v) is 2.53. The highest BCUT2D eigenvalue weighted by atomic mass is 16.4. The van der Waals surface area contributed by atoms with E-state index in [9.17, 15) is 9.59 Å². The number of pyridine rings is 1. The van der Waals surface area contributed by atoms with Crippen molar-refractivity contribution in [2.45, 2.75) is 6.04 Å². The Labute approximate surface area is 97.2 Å². The fraction of sp³-hybridized carbons (Fsp3) is 0.300. The van der Waals surface area contributed by atoms with Crippen LogP contribution in [0, 0.1) is 5.92 Å². The molecule has 0 radical (unpaired) electrons. The largest absolute Gasteiger partial charge is 0.481 e. The van der Waals surface area contributed by atoms with Gasteiger partial charge in [0.25, 0.3) is 0 Å². The number of hydrogen-bond donors (Lipinski definition) is 3. The molecule has 0 spiro atoms. The average molecular weight is 239 g/mol. The second-order valence-electron chi connectivity index (χ2n) is 3.56. The molecule has 2 unspecified atom stereocenters.